The molecule has 15 heavy (non-hydrogen) atoms. The van der Waals surface area contributed by atoms with E-state index in [9.17, 15) is 4.79 Å². The van der Waals surface area contributed by atoms with Crippen LogP contribution >= 0.6 is 15.9 Å². The molecule has 0 amide bonds. The Balaban J connectivity index is 2.51. The van der Waals surface area contributed by atoms with Gasteiger partial charge in [-0.2, -0.15) is 0 Å². The van der Waals surface area contributed by atoms with Gasteiger partial charge in [0.1, 0.15) is 0 Å². The van der Waals surface area contributed by atoms with Crippen LogP contribution < -0.4 is 0 Å². The molecule has 0 saturated carbocycles. The molecule has 0 fully saturated rings. The number of fused-ring (bicyclic) bond motifs is 1. The minimum absolute atomic E-state index is 0.160. The number of hydrogen-bond acceptors (Lipinski definition) is 2. The Morgan fingerprint density at radius 3 is 3.00 bits per heavy atom. The fraction of sp³-hybridized carbons (Fsp3) is 0.333. The third kappa shape index (κ3) is 2.02. The molecule has 1 aliphatic carbocycles. The Labute approximate surface area is 97.5 Å². The zero-order valence-electron chi connectivity index (χ0n) is 8.75. The summed E-state index contributed by atoms with van der Waals surface area (Å²) in [6, 6.07) is 2.01. The van der Waals surface area contributed by atoms with E-state index in [0.29, 0.717) is 0 Å². The normalized spacial score (nSPS) is 19.4. The maximum absolute atomic E-state index is 11.4. The first-order valence-electron chi connectivity index (χ1n) is 4.95. The lowest BCUT2D eigenvalue weighted by Crippen LogP contribution is -2.16. The van der Waals surface area contributed by atoms with E-state index in [1.165, 1.54) is 0 Å². The van der Waals surface area contributed by atoms with Crippen molar-refractivity contribution >= 4 is 27.8 Å². The van der Waals surface area contributed by atoms with Gasteiger partial charge >= 0.3 is 0 Å². The average Bonchev–Trinajstić information content (AvgIpc) is 2.17. The average molecular weight is 266 g/mol. The van der Waals surface area contributed by atoms with Crippen molar-refractivity contribution in [2.75, 3.05) is 0 Å². The lowest BCUT2D eigenvalue weighted by molar-refractivity contribution is -0.114. The fourth-order valence-electron chi connectivity index (χ4n) is 1.94. The second-order valence-electron chi connectivity index (χ2n) is 3.95. The molecule has 0 N–H and O–H groups in total. The van der Waals surface area contributed by atoms with E-state index >= 15 is 0 Å². The van der Waals surface area contributed by atoms with Crippen LogP contribution in [0.4, 0.5) is 0 Å². The minimum atomic E-state index is 0.160. The largest absolute Gasteiger partial charge is 0.295 e. The number of halogens is 1. The van der Waals surface area contributed by atoms with Gasteiger partial charge in [-0.25, -0.2) is 0 Å². The third-order valence-corrected chi connectivity index (χ3v) is 3.15. The van der Waals surface area contributed by atoms with Crippen LogP contribution in [0.3, 0.4) is 0 Å². The van der Waals surface area contributed by atoms with Crippen molar-refractivity contribution in [2.24, 2.45) is 5.92 Å². The number of carbonyl (C=O) groups excluding carboxylic acids is 1. The summed E-state index contributed by atoms with van der Waals surface area (Å²) in [5.41, 5.74) is 3.05. The van der Waals surface area contributed by atoms with Crippen LogP contribution in [0.5, 0.6) is 0 Å². The molecular weight excluding hydrogens is 254 g/mol. The molecule has 0 radical (unpaired) electrons. The number of allylic oxidation sites excluding steroid dienone is 1. The molecule has 1 aromatic heterocycles. The van der Waals surface area contributed by atoms with Gasteiger partial charge in [0.15, 0.2) is 5.78 Å². The summed E-state index contributed by atoms with van der Waals surface area (Å²) in [7, 11) is 0. The summed E-state index contributed by atoms with van der Waals surface area (Å²) in [5, 5.41) is 0. The highest BCUT2D eigenvalue weighted by molar-refractivity contribution is 9.10. The molecule has 1 aliphatic rings. The van der Waals surface area contributed by atoms with Crippen LogP contribution in [0.15, 0.2) is 22.3 Å². The number of ketones is 1. The van der Waals surface area contributed by atoms with Gasteiger partial charge in [0.25, 0.3) is 0 Å². The molecular formula is C12H12BrNO. The van der Waals surface area contributed by atoms with Crippen molar-refractivity contribution < 1.29 is 4.79 Å². The highest BCUT2D eigenvalue weighted by Crippen LogP contribution is 2.29. The standard InChI is InChI=1S/C12H12BrNO/c1-7-3-12-9(4-10(13)6-14-12)5-11(7)8(2)15/h4-7H,3H2,1-2H3. The van der Waals surface area contributed by atoms with Crippen molar-refractivity contribution in [3.05, 3.63) is 33.6 Å². The summed E-state index contributed by atoms with van der Waals surface area (Å²) in [6.45, 7) is 3.69. The van der Waals surface area contributed by atoms with Crippen molar-refractivity contribution in [3.8, 4) is 0 Å². The third-order valence-electron chi connectivity index (χ3n) is 2.72. The molecule has 1 atom stereocenters. The van der Waals surface area contributed by atoms with E-state index in [2.05, 4.69) is 27.8 Å². The summed E-state index contributed by atoms with van der Waals surface area (Å²) >= 11 is 3.39. The van der Waals surface area contributed by atoms with E-state index in [1.54, 1.807) is 13.1 Å². The van der Waals surface area contributed by atoms with Crippen molar-refractivity contribution in [1.29, 1.82) is 0 Å². The van der Waals surface area contributed by atoms with E-state index in [0.717, 1.165) is 27.7 Å². The van der Waals surface area contributed by atoms with E-state index in [-0.39, 0.29) is 11.7 Å². The second-order valence-corrected chi connectivity index (χ2v) is 4.87. The Kier molecular flexibility index (Phi) is 2.74. The van der Waals surface area contributed by atoms with Crippen LogP contribution in [0.2, 0.25) is 0 Å². The van der Waals surface area contributed by atoms with Gasteiger partial charge < -0.3 is 0 Å². The highest BCUT2D eigenvalue weighted by atomic mass is 79.9. The number of carbonyl (C=O) groups is 1. The van der Waals surface area contributed by atoms with Crippen molar-refractivity contribution in [3.63, 3.8) is 0 Å². The SMILES string of the molecule is CC(=O)C1=Cc2cc(Br)cnc2CC1C. The number of hydrogen-bond donors (Lipinski definition) is 0. The molecule has 2 nitrogen and oxygen atoms in total. The molecule has 0 aromatic carbocycles. The molecule has 0 bridgehead atoms. The van der Waals surface area contributed by atoms with Crippen LogP contribution in [0.1, 0.15) is 25.1 Å². The van der Waals surface area contributed by atoms with Crippen LogP contribution in [0, 0.1) is 5.92 Å². The minimum Gasteiger partial charge on any atom is -0.295 e. The number of pyridine rings is 1. The Hall–Kier alpha value is -0.960. The first kappa shape index (κ1) is 10.6. The summed E-state index contributed by atoms with van der Waals surface area (Å²) < 4.78 is 0.954. The summed E-state index contributed by atoms with van der Waals surface area (Å²) in [5.74, 6) is 0.441. The zero-order valence-corrected chi connectivity index (χ0v) is 10.3. The molecule has 3 heteroatoms. The predicted octanol–water partition coefficient (Wildman–Crippen LogP) is 3.01. The van der Waals surface area contributed by atoms with Crippen molar-refractivity contribution in [1.82, 2.24) is 4.98 Å². The van der Waals surface area contributed by atoms with E-state index < -0.39 is 0 Å². The molecule has 0 spiro atoms. The molecule has 0 aliphatic heterocycles. The van der Waals surface area contributed by atoms with Crippen LogP contribution in [-0.4, -0.2) is 10.8 Å². The molecule has 2 rings (SSSR count). The van der Waals surface area contributed by atoms with Gasteiger partial charge in [0.2, 0.25) is 0 Å². The Morgan fingerprint density at radius 1 is 1.60 bits per heavy atom. The molecule has 78 valence electrons. The summed E-state index contributed by atoms with van der Waals surface area (Å²) in [4.78, 5) is 15.8. The number of aromatic nitrogens is 1. The van der Waals surface area contributed by atoms with E-state index in [1.807, 2.05) is 12.1 Å². The smallest absolute Gasteiger partial charge is 0.156 e. The fourth-order valence-corrected chi connectivity index (χ4v) is 2.29. The van der Waals surface area contributed by atoms with Crippen LogP contribution in [-0.2, 0) is 11.2 Å². The van der Waals surface area contributed by atoms with Gasteiger partial charge in [-0.15, -0.1) is 0 Å². The Morgan fingerprint density at radius 2 is 2.33 bits per heavy atom. The maximum atomic E-state index is 11.4. The molecule has 1 unspecified atom stereocenters. The molecule has 1 aromatic rings. The zero-order chi connectivity index (χ0) is 11.0. The van der Waals surface area contributed by atoms with Gasteiger partial charge in [-0.1, -0.05) is 6.92 Å². The van der Waals surface area contributed by atoms with E-state index in [4.69, 9.17) is 0 Å². The highest BCUT2D eigenvalue weighted by Gasteiger charge is 2.21. The number of rotatable bonds is 1. The first-order chi connectivity index (χ1) is 7.08. The lowest BCUT2D eigenvalue weighted by atomic mass is 9.85. The molecule has 1 heterocycles. The number of Topliss-reactive ketones (excluding diaryl/α,β-unsaturated/α-hetero) is 1. The second kappa shape index (κ2) is 3.89. The maximum Gasteiger partial charge on any atom is 0.156 e. The summed E-state index contributed by atoms with van der Waals surface area (Å²) in [6.07, 6.45) is 4.62. The Bertz CT molecular complexity index is 451. The monoisotopic (exact) mass is 265 g/mol. The first-order valence-corrected chi connectivity index (χ1v) is 5.74. The topological polar surface area (TPSA) is 30.0 Å². The molecule has 0 saturated heterocycles. The lowest BCUT2D eigenvalue weighted by Gasteiger charge is -2.20. The van der Waals surface area contributed by atoms with Gasteiger partial charge in [0, 0.05) is 16.4 Å². The van der Waals surface area contributed by atoms with Crippen molar-refractivity contribution in [2.45, 2.75) is 20.3 Å². The van der Waals surface area contributed by atoms with Gasteiger partial charge in [0.05, 0.1) is 0 Å². The predicted molar refractivity (Wildman–Crippen MR) is 63.5 cm³/mol. The number of nitrogens with zero attached hydrogens (tertiary/aromatic N) is 1. The quantitative estimate of drug-likeness (QED) is 0.782. The van der Waals surface area contributed by atoms with Gasteiger partial charge in [-0.05, 0) is 58.5 Å². The van der Waals surface area contributed by atoms with Gasteiger partial charge in [-0.3, -0.25) is 9.78 Å². The van der Waals surface area contributed by atoms with Crippen LogP contribution in [0.25, 0.3) is 6.08 Å².